The lowest BCUT2D eigenvalue weighted by Crippen LogP contribution is -2.38. The van der Waals surface area contributed by atoms with E-state index in [1.165, 1.54) is 0 Å². The van der Waals surface area contributed by atoms with Gasteiger partial charge in [-0.1, -0.05) is 0 Å². The predicted octanol–water partition coefficient (Wildman–Crippen LogP) is 0.991. The summed E-state index contributed by atoms with van der Waals surface area (Å²) in [7, 11) is 0.695. The maximum Gasteiger partial charge on any atom is 0.429 e. The Kier molecular flexibility index (Phi) is 3.24. The number of hydrogen-bond donors (Lipinski definition) is 0. The number of carbonyl (C=O) groups excluding carboxylic acids is 1. The second kappa shape index (κ2) is 3.51. The van der Waals surface area contributed by atoms with E-state index in [0.29, 0.717) is 7.11 Å². The second-order valence-electron chi connectivity index (χ2n) is 1.53. The first-order chi connectivity index (χ1) is 4.93. The van der Waals surface area contributed by atoms with Gasteiger partial charge in [-0.05, 0) is 4.53 Å². The number of rotatable bonds is 2. The van der Waals surface area contributed by atoms with Crippen LogP contribution in [-0.4, -0.2) is 25.4 Å². The van der Waals surface area contributed by atoms with Crippen molar-refractivity contribution in [3.63, 3.8) is 0 Å². The molecule has 0 aromatic carbocycles. The lowest BCUT2D eigenvalue weighted by atomic mass is 10.3. The lowest BCUT2D eigenvalue weighted by molar-refractivity contribution is -0.291. The lowest BCUT2D eigenvalue weighted by Gasteiger charge is -2.12. The van der Waals surface area contributed by atoms with Crippen LogP contribution in [0.1, 0.15) is 0 Å². The molecule has 0 aliphatic carbocycles. The van der Waals surface area contributed by atoms with Gasteiger partial charge in [0, 0.05) is 0 Å². The fourth-order valence-electron chi connectivity index (χ4n) is 0.328. The number of carbonyl (C=O) groups is 1. The Morgan fingerprint density at radius 1 is 1.45 bits per heavy atom. The largest absolute Gasteiger partial charge is 0.467 e. The summed E-state index contributed by atoms with van der Waals surface area (Å²) in [4.78, 5) is 12.5. The average Bonchev–Trinajstić information content (AvgIpc) is 1.86. The van der Waals surface area contributed by atoms with Crippen LogP contribution < -0.4 is 0 Å². The molecule has 0 aliphatic heterocycles. The van der Waals surface area contributed by atoms with Gasteiger partial charge in [0.2, 0.25) is 0 Å². The van der Waals surface area contributed by atoms with Gasteiger partial charge in [0.15, 0.2) is 0 Å². The molecule has 0 aromatic heterocycles. The van der Waals surface area contributed by atoms with Crippen molar-refractivity contribution >= 4 is 5.97 Å². The van der Waals surface area contributed by atoms with Crippen LogP contribution in [0.25, 0.3) is 0 Å². The number of alkyl halides is 3. The molecule has 11 heavy (non-hydrogen) atoms. The van der Waals surface area contributed by atoms with Crippen LogP contribution in [0.15, 0.2) is 0 Å². The monoisotopic (exact) mass is 176 g/mol. The van der Waals surface area contributed by atoms with E-state index < -0.39 is 18.2 Å². The van der Waals surface area contributed by atoms with Crippen molar-refractivity contribution < 1.29 is 32.2 Å². The molecule has 7 heteroatoms. The van der Waals surface area contributed by atoms with E-state index in [4.69, 9.17) is 0 Å². The van der Waals surface area contributed by atoms with Crippen LogP contribution >= 0.6 is 0 Å². The Labute approximate surface area is 58.8 Å². The van der Waals surface area contributed by atoms with Gasteiger partial charge in [-0.3, -0.25) is 0 Å². The molecule has 3 nitrogen and oxygen atoms in total. The number of esters is 1. The van der Waals surface area contributed by atoms with Crippen molar-refractivity contribution in [2.45, 2.75) is 12.3 Å². The molecule has 0 N–H and O–H groups in total. The number of hydrogen-bond acceptors (Lipinski definition) is 3. The smallest absolute Gasteiger partial charge is 0.429 e. The van der Waals surface area contributed by atoms with E-state index in [2.05, 4.69) is 9.68 Å². The molecule has 0 saturated carbocycles. The number of ether oxygens (including phenoxy) is 1. The molecule has 0 aliphatic rings. The third-order valence-corrected chi connectivity index (χ3v) is 0.802. The maximum absolute atomic E-state index is 11.5. The highest BCUT2D eigenvalue weighted by molar-refractivity contribution is 5.75. The van der Waals surface area contributed by atoms with Gasteiger partial charge in [0.1, 0.15) is 0 Å². The fraction of sp³-hybridized carbons (Fsp3) is 0.750. The average molecular weight is 176 g/mol. The number of halogens is 4. The van der Waals surface area contributed by atoms with Crippen molar-refractivity contribution in [3.8, 4) is 0 Å². The Bertz CT molecular complexity index is 143. The van der Waals surface area contributed by atoms with Gasteiger partial charge in [0.05, 0.1) is 7.11 Å². The summed E-state index contributed by atoms with van der Waals surface area (Å²) in [6.07, 6.45) is -8.23. The molecule has 0 radical (unpaired) electrons. The summed E-state index contributed by atoms with van der Waals surface area (Å²) in [5.41, 5.74) is 0. The Hall–Kier alpha value is -0.850. The van der Waals surface area contributed by atoms with Gasteiger partial charge in [0.25, 0.3) is 6.10 Å². The Balaban J connectivity index is 4.29. The van der Waals surface area contributed by atoms with Crippen molar-refractivity contribution in [1.82, 2.24) is 0 Å². The third kappa shape index (κ3) is 2.71. The van der Waals surface area contributed by atoms with Crippen LogP contribution in [0.5, 0.6) is 0 Å². The molecule has 0 spiro atoms. The summed E-state index contributed by atoms with van der Waals surface area (Å²) in [6.45, 7) is 0. The highest BCUT2D eigenvalue weighted by Gasteiger charge is 2.48. The van der Waals surface area contributed by atoms with Crippen molar-refractivity contribution in [2.75, 3.05) is 7.11 Å². The molecule has 0 amide bonds. The van der Waals surface area contributed by atoms with Crippen molar-refractivity contribution in [1.29, 1.82) is 0 Å². The van der Waals surface area contributed by atoms with E-state index >= 15 is 0 Å². The highest BCUT2D eigenvalue weighted by Crippen LogP contribution is 2.23. The van der Waals surface area contributed by atoms with Crippen LogP contribution in [0, 0.1) is 0 Å². The third-order valence-electron chi connectivity index (χ3n) is 0.802. The zero-order valence-corrected chi connectivity index (χ0v) is 5.31. The van der Waals surface area contributed by atoms with E-state index in [1.807, 2.05) is 0 Å². The van der Waals surface area contributed by atoms with Gasteiger partial charge in [-0.2, -0.15) is 18.1 Å². The van der Waals surface area contributed by atoms with Gasteiger partial charge in [-0.25, -0.2) is 4.79 Å². The minimum Gasteiger partial charge on any atom is -0.467 e. The summed E-state index contributed by atoms with van der Waals surface area (Å²) in [6, 6.07) is 0. The minimum atomic E-state index is -5.08. The molecule has 0 bridgehead atoms. The normalized spacial score (nSPS) is 14.3. The van der Waals surface area contributed by atoms with Crippen molar-refractivity contribution in [3.05, 3.63) is 0 Å². The van der Waals surface area contributed by atoms with Crippen LogP contribution in [0.2, 0.25) is 0 Å². The quantitative estimate of drug-likeness (QED) is 0.465. The molecule has 66 valence electrons. The van der Waals surface area contributed by atoms with Crippen LogP contribution in [0.4, 0.5) is 17.7 Å². The minimum absolute atomic E-state index is 0.695. The van der Waals surface area contributed by atoms with E-state index in [1.54, 1.807) is 0 Å². The standard InChI is InChI=1S/C4H4F4O3/c1-10-3(9)2(11-8)4(5,6)7/h2H,1H3. The first kappa shape index (κ1) is 10.2. The first-order valence-corrected chi connectivity index (χ1v) is 2.35. The van der Waals surface area contributed by atoms with Gasteiger partial charge < -0.3 is 4.74 Å². The zero-order valence-electron chi connectivity index (χ0n) is 5.31. The van der Waals surface area contributed by atoms with Gasteiger partial charge in [-0.15, -0.1) is 0 Å². The Morgan fingerprint density at radius 3 is 2.00 bits per heavy atom. The molecular formula is C4H4F4O3. The molecule has 1 atom stereocenters. The SMILES string of the molecule is COC(=O)C(OF)C(F)(F)F. The Morgan fingerprint density at radius 2 is 1.91 bits per heavy atom. The molecule has 1 unspecified atom stereocenters. The summed E-state index contributed by atoms with van der Waals surface area (Å²) in [5, 5.41) is 0. The molecule has 0 aromatic rings. The van der Waals surface area contributed by atoms with Crippen LogP contribution in [-0.2, 0) is 14.5 Å². The summed E-state index contributed by atoms with van der Waals surface area (Å²) < 4.78 is 49.2. The first-order valence-electron chi connectivity index (χ1n) is 2.35. The topological polar surface area (TPSA) is 35.5 Å². The molecule has 0 fully saturated rings. The molecule has 0 rings (SSSR count). The van der Waals surface area contributed by atoms with E-state index in [9.17, 15) is 22.5 Å². The predicted molar refractivity (Wildman–Crippen MR) is 24.1 cm³/mol. The summed E-state index contributed by atoms with van der Waals surface area (Å²) >= 11 is 0. The number of methoxy groups -OCH3 is 1. The second-order valence-corrected chi connectivity index (χ2v) is 1.53. The van der Waals surface area contributed by atoms with E-state index in [0.717, 1.165) is 0 Å². The zero-order chi connectivity index (χ0) is 9.07. The summed E-state index contributed by atoms with van der Waals surface area (Å²) in [5.74, 6) is -1.82. The van der Waals surface area contributed by atoms with Crippen molar-refractivity contribution in [2.24, 2.45) is 0 Å². The molecule has 0 heterocycles. The van der Waals surface area contributed by atoms with Gasteiger partial charge >= 0.3 is 12.1 Å². The highest BCUT2D eigenvalue weighted by atomic mass is 19.4. The molecular weight excluding hydrogens is 172 g/mol. The molecule has 0 saturated heterocycles. The fourth-order valence-corrected chi connectivity index (χ4v) is 0.328. The maximum atomic E-state index is 11.5. The van der Waals surface area contributed by atoms with Crippen LogP contribution in [0.3, 0.4) is 0 Å². The van der Waals surface area contributed by atoms with E-state index in [-0.39, 0.29) is 0 Å².